The third-order valence-electron chi connectivity index (χ3n) is 3.84. The number of aliphatic hydroxyl groups excluding tert-OH is 1. The Balaban J connectivity index is 2.16. The van der Waals surface area contributed by atoms with Crippen molar-refractivity contribution in [2.75, 3.05) is 18.1 Å². The van der Waals surface area contributed by atoms with Crippen LogP contribution in [0.2, 0.25) is 0 Å². The minimum atomic E-state index is 0.0804. The SMILES string of the molecule is C[C@@H](N)c1ccc(N2CCCCCC2CO)cc1. The van der Waals surface area contributed by atoms with E-state index in [1.165, 1.54) is 24.9 Å². The van der Waals surface area contributed by atoms with Crippen LogP contribution in [0.4, 0.5) is 5.69 Å². The molecule has 2 rings (SSSR count). The van der Waals surface area contributed by atoms with Crippen LogP contribution in [-0.4, -0.2) is 24.3 Å². The summed E-state index contributed by atoms with van der Waals surface area (Å²) >= 11 is 0. The first-order chi connectivity index (χ1) is 8.72. The molecule has 100 valence electrons. The van der Waals surface area contributed by atoms with Crippen molar-refractivity contribution in [3.8, 4) is 0 Å². The number of rotatable bonds is 3. The molecule has 0 amide bonds. The molecule has 0 bridgehead atoms. The van der Waals surface area contributed by atoms with Crippen LogP contribution >= 0.6 is 0 Å². The number of nitrogens with zero attached hydrogens (tertiary/aromatic N) is 1. The lowest BCUT2D eigenvalue weighted by Crippen LogP contribution is -2.37. The molecule has 1 unspecified atom stereocenters. The van der Waals surface area contributed by atoms with E-state index >= 15 is 0 Å². The van der Waals surface area contributed by atoms with Gasteiger partial charge in [0.2, 0.25) is 0 Å². The highest BCUT2D eigenvalue weighted by atomic mass is 16.3. The largest absolute Gasteiger partial charge is 0.394 e. The number of hydrogen-bond donors (Lipinski definition) is 2. The maximum atomic E-state index is 9.53. The van der Waals surface area contributed by atoms with E-state index in [9.17, 15) is 5.11 Å². The quantitative estimate of drug-likeness (QED) is 0.864. The second-order valence-electron chi connectivity index (χ2n) is 5.26. The number of nitrogens with two attached hydrogens (primary N) is 1. The molecule has 0 radical (unpaired) electrons. The van der Waals surface area contributed by atoms with Gasteiger partial charge < -0.3 is 15.7 Å². The molecule has 0 aliphatic carbocycles. The summed E-state index contributed by atoms with van der Waals surface area (Å²) < 4.78 is 0. The van der Waals surface area contributed by atoms with Gasteiger partial charge in [0.05, 0.1) is 12.6 Å². The molecule has 18 heavy (non-hydrogen) atoms. The van der Waals surface area contributed by atoms with Gasteiger partial charge in [0.25, 0.3) is 0 Å². The number of hydrogen-bond acceptors (Lipinski definition) is 3. The van der Waals surface area contributed by atoms with Crippen LogP contribution in [0.1, 0.15) is 44.2 Å². The minimum absolute atomic E-state index is 0.0804. The first kappa shape index (κ1) is 13.4. The Morgan fingerprint density at radius 2 is 2.00 bits per heavy atom. The van der Waals surface area contributed by atoms with Crippen molar-refractivity contribution in [2.24, 2.45) is 5.73 Å². The molecule has 1 heterocycles. The highest BCUT2D eigenvalue weighted by molar-refractivity contribution is 5.49. The maximum absolute atomic E-state index is 9.53. The van der Waals surface area contributed by atoms with Crippen molar-refractivity contribution in [3.05, 3.63) is 29.8 Å². The summed E-state index contributed by atoms with van der Waals surface area (Å²) in [5.41, 5.74) is 8.24. The Hall–Kier alpha value is -1.06. The van der Waals surface area contributed by atoms with E-state index < -0.39 is 0 Å². The van der Waals surface area contributed by atoms with Crippen molar-refractivity contribution in [2.45, 2.75) is 44.7 Å². The van der Waals surface area contributed by atoms with Gasteiger partial charge in [0.1, 0.15) is 0 Å². The maximum Gasteiger partial charge on any atom is 0.0635 e. The fourth-order valence-corrected chi connectivity index (χ4v) is 2.68. The van der Waals surface area contributed by atoms with Crippen LogP contribution in [0.3, 0.4) is 0 Å². The molecule has 3 nitrogen and oxygen atoms in total. The Morgan fingerprint density at radius 1 is 1.28 bits per heavy atom. The van der Waals surface area contributed by atoms with Gasteiger partial charge in [-0.3, -0.25) is 0 Å². The average Bonchev–Trinajstić information content (AvgIpc) is 2.63. The van der Waals surface area contributed by atoms with Gasteiger partial charge >= 0.3 is 0 Å². The van der Waals surface area contributed by atoms with Gasteiger partial charge in [0.15, 0.2) is 0 Å². The van der Waals surface area contributed by atoms with E-state index in [0.29, 0.717) is 0 Å². The first-order valence-corrected chi connectivity index (χ1v) is 6.95. The zero-order valence-corrected chi connectivity index (χ0v) is 11.2. The summed E-state index contributed by atoms with van der Waals surface area (Å²) in [6, 6.07) is 8.81. The molecule has 1 aromatic carbocycles. The minimum Gasteiger partial charge on any atom is -0.394 e. The summed E-state index contributed by atoms with van der Waals surface area (Å²) in [4.78, 5) is 2.35. The van der Waals surface area contributed by atoms with Crippen molar-refractivity contribution in [3.63, 3.8) is 0 Å². The van der Waals surface area contributed by atoms with Crippen molar-refractivity contribution >= 4 is 5.69 Å². The molecule has 0 spiro atoms. The summed E-state index contributed by atoms with van der Waals surface area (Å²) in [6.45, 7) is 3.29. The second-order valence-corrected chi connectivity index (χ2v) is 5.26. The van der Waals surface area contributed by atoms with Crippen LogP contribution in [0.15, 0.2) is 24.3 Å². The molecule has 3 heteroatoms. The van der Waals surface area contributed by atoms with Gasteiger partial charge in [-0.25, -0.2) is 0 Å². The lowest BCUT2D eigenvalue weighted by Gasteiger charge is -2.31. The fraction of sp³-hybridized carbons (Fsp3) is 0.600. The number of anilines is 1. The normalized spacial score (nSPS) is 22.6. The van der Waals surface area contributed by atoms with Gasteiger partial charge in [-0.2, -0.15) is 0 Å². The molecular formula is C15H24N2O. The Labute approximate surface area is 110 Å². The average molecular weight is 248 g/mol. The summed E-state index contributed by atoms with van der Waals surface area (Å²) in [7, 11) is 0. The van der Waals surface area contributed by atoms with Gasteiger partial charge in [-0.1, -0.05) is 25.0 Å². The van der Waals surface area contributed by atoms with E-state index in [4.69, 9.17) is 5.73 Å². The smallest absolute Gasteiger partial charge is 0.0635 e. The van der Waals surface area contributed by atoms with Crippen LogP contribution < -0.4 is 10.6 Å². The predicted molar refractivity (Wildman–Crippen MR) is 75.7 cm³/mol. The fourth-order valence-electron chi connectivity index (χ4n) is 2.68. The molecule has 0 saturated carbocycles. The lowest BCUT2D eigenvalue weighted by atomic mass is 10.1. The van der Waals surface area contributed by atoms with E-state index in [0.717, 1.165) is 18.5 Å². The predicted octanol–water partition coefficient (Wildman–Crippen LogP) is 2.45. The highest BCUT2D eigenvalue weighted by Gasteiger charge is 2.20. The molecule has 2 atom stereocenters. The standard InChI is InChI=1S/C15H24N2O/c1-12(16)13-6-8-14(9-7-13)17-10-4-2-3-5-15(17)11-18/h6-9,12,15,18H,2-5,10-11,16H2,1H3/t12-,15?/m1/s1. The number of aliphatic hydroxyl groups is 1. The molecular weight excluding hydrogens is 224 g/mol. The van der Waals surface area contributed by atoms with Crippen molar-refractivity contribution < 1.29 is 5.11 Å². The van der Waals surface area contributed by atoms with Crippen molar-refractivity contribution in [1.29, 1.82) is 0 Å². The van der Waals surface area contributed by atoms with Gasteiger partial charge in [-0.05, 0) is 37.5 Å². The third kappa shape index (κ3) is 3.03. The molecule has 3 N–H and O–H groups in total. The van der Waals surface area contributed by atoms with E-state index in [-0.39, 0.29) is 18.7 Å². The Kier molecular flexibility index (Phi) is 4.61. The summed E-state index contributed by atoms with van der Waals surface area (Å²) in [5, 5.41) is 9.53. The zero-order valence-electron chi connectivity index (χ0n) is 11.2. The van der Waals surface area contributed by atoms with Crippen molar-refractivity contribution in [1.82, 2.24) is 0 Å². The van der Waals surface area contributed by atoms with Crippen LogP contribution in [0.25, 0.3) is 0 Å². The molecule has 1 aliphatic heterocycles. The van der Waals surface area contributed by atoms with Crippen LogP contribution in [-0.2, 0) is 0 Å². The van der Waals surface area contributed by atoms with E-state index in [1.807, 2.05) is 6.92 Å². The molecule has 1 aromatic rings. The first-order valence-electron chi connectivity index (χ1n) is 6.95. The van der Waals surface area contributed by atoms with E-state index in [2.05, 4.69) is 29.2 Å². The summed E-state index contributed by atoms with van der Waals surface area (Å²) in [5.74, 6) is 0. The Morgan fingerprint density at radius 3 is 2.61 bits per heavy atom. The summed E-state index contributed by atoms with van der Waals surface area (Å²) in [6.07, 6.45) is 4.79. The van der Waals surface area contributed by atoms with E-state index in [1.54, 1.807) is 0 Å². The third-order valence-corrected chi connectivity index (χ3v) is 3.84. The van der Waals surface area contributed by atoms with Gasteiger partial charge in [0, 0.05) is 18.3 Å². The second kappa shape index (κ2) is 6.21. The number of benzene rings is 1. The van der Waals surface area contributed by atoms with Gasteiger partial charge in [-0.15, -0.1) is 0 Å². The highest BCUT2D eigenvalue weighted by Crippen LogP contribution is 2.25. The monoisotopic (exact) mass is 248 g/mol. The zero-order chi connectivity index (χ0) is 13.0. The van der Waals surface area contributed by atoms with Crippen LogP contribution in [0, 0.1) is 0 Å². The van der Waals surface area contributed by atoms with Crippen LogP contribution in [0.5, 0.6) is 0 Å². The molecule has 1 fully saturated rings. The molecule has 0 aromatic heterocycles. The Bertz CT molecular complexity index is 361. The molecule has 1 aliphatic rings. The lowest BCUT2D eigenvalue weighted by molar-refractivity contribution is 0.255. The topological polar surface area (TPSA) is 49.5 Å². The molecule has 1 saturated heterocycles.